The second kappa shape index (κ2) is 9.59. The summed E-state index contributed by atoms with van der Waals surface area (Å²) < 4.78 is 0. The molecule has 7 rings (SSSR count). The molecule has 0 spiro atoms. The van der Waals surface area contributed by atoms with E-state index in [-0.39, 0.29) is 0 Å². The van der Waals surface area contributed by atoms with Crippen LogP contribution in [0.15, 0.2) is 140 Å². The van der Waals surface area contributed by atoms with E-state index in [2.05, 4.69) is 127 Å². The summed E-state index contributed by atoms with van der Waals surface area (Å²) in [7, 11) is 0. The first-order valence-electron chi connectivity index (χ1n) is 13.2. The van der Waals surface area contributed by atoms with Gasteiger partial charge in [-0.25, -0.2) is 0 Å². The zero-order valence-electron chi connectivity index (χ0n) is 21.4. The minimum absolute atomic E-state index is 0.495. The Labute approximate surface area is 228 Å². The SMILES string of the molecule is N=C(/C(=C1\NC(c2ccccc2)=Cc2ccccc21)c1ccccc1)c1cc2ccccc2c2ccccc12. The van der Waals surface area contributed by atoms with Crippen molar-refractivity contribution >= 4 is 50.3 Å². The van der Waals surface area contributed by atoms with Gasteiger partial charge in [0.2, 0.25) is 0 Å². The molecular weight excluding hydrogens is 472 g/mol. The Kier molecular flexibility index (Phi) is 5.64. The summed E-state index contributed by atoms with van der Waals surface area (Å²) in [5.74, 6) is 0. The number of fused-ring (bicyclic) bond motifs is 4. The van der Waals surface area contributed by atoms with Gasteiger partial charge in [-0.15, -0.1) is 0 Å². The first-order chi connectivity index (χ1) is 19.3. The van der Waals surface area contributed by atoms with Crippen molar-refractivity contribution in [3.05, 3.63) is 167 Å². The number of nitrogens with one attached hydrogen (secondary N) is 2. The molecule has 2 N–H and O–H groups in total. The Hall–Kier alpha value is -5.21. The standard InChI is InChI=1S/C37H26N2/c38-36(33-23-27-17-7-9-19-29(27)31-21-11-12-22-32(31)33)35(26-15-5-2-6-16-26)37-30-20-10-8-18-28(30)24-34(39-37)25-13-3-1-4-14-25/h1-24,38-39H/b37-35-,38-36?. The van der Waals surface area contributed by atoms with Crippen molar-refractivity contribution < 1.29 is 0 Å². The minimum atomic E-state index is 0.495. The average Bonchev–Trinajstić information content (AvgIpc) is 3.01. The Morgan fingerprint density at radius 2 is 1.18 bits per heavy atom. The zero-order valence-corrected chi connectivity index (χ0v) is 21.4. The van der Waals surface area contributed by atoms with Gasteiger partial charge in [0.1, 0.15) is 0 Å². The van der Waals surface area contributed by atoms with Crippen molar-refractivity contribution in [1.82, 2.24) is 5.32 Å². The molecule has 0 amide bonds. The molecule has 0 saturated heterocycles. The number of benzene rings is 6. The van der Waals surface area contributed by atoms with Crippen LogP contribution in [-0.4, -0.2) is 5.71 Å². The van der Waals surface area contributed by atoms with E-state index in [0.717, 1.165) is 60.9 Å². The van der Waals surface area contributed by atoms with E-state index in [1.54, 1.807) is 0 Å². The summed E-state index contributed by atoms with van der Waals surface area (Å²) >= 11 is 0. The highest BCUT2D eigenvalue weighted by atomic mass is 14.9. The average molecular weight is 499 g/mol. The lowest BCUT2D eigenvalue weighted by molar-refractivity contribution is 1.22. The van der Waals surface area contributed by atoms with Gasteiger partial charge >= 0.3 is 0 Å². The van der Waals surface area contributed by atoms with Gasteiger partial charge < -0.3 is 5.32 Å². The van der Waals surface area contributed by atoms with Crippen molar-refractivity contribution in [3.63, 3.8) is 0 Å². The van der Waals surface area contributed by atoms with Crippen LogP contribution in [0.25, 0.3) is 44.6 Å². The van der Waals surface area contributed by atoms with Crippen LogP contribution in [-0.2, 0) is 0 Å². The maximum Gasteiger partial charge on any atom is 0.0718 e. The van der Waals surface area contributed by atoms with E-state index < -0.39 is 0 Å². The lowest BCUT2D eigenvalue weighted by Crippen LogP contribution is -2.20. The molecule has 0 saturated carbocycles. The molecule has 0 aromatic heterocycles. The third-order valence-corrected chi connectivity index (χ3v) is 7.47. The van der Waals surface area contributed by atoms with Crippen LogP contribution >= 0.6 is 0 Å². The molecule has 1 heterocycles. The summed E-state index contributed by atoms with van der Waals surface area (Å²) in [6.45, 7) is 0. The Morgan fingerprint density at radius 3 is 1.97 bits per heavy atom. The van der Waals surface area contributed by atoms with Crippen LogP contribution in [0.1, 0.15) is 27.8 Å². The van der Waals surface area contributed by atoms with E-state index in [1.807, 2.05) is 24.3 Å². The molecule has 39 heavy (non-hydrogen) atoms. The smallest absolute Gasteiger partial charge is 0.0718 e. The largest absolute Gasteiger partial charge is 0.354 e. The fourth-order valence-electron chi connectivity index (χ4n) is 5.63. The monoisotopic (exact) mass is 498 g/mol. The van der Waals surface area contributed by atoms with E-state index >= 15 is 0 Å². The van der Waals surface area contributed by atoms with Gasteiger partial charge in [-0.1, -0.05) is 133 Å². The van der Waals surface area contributed by atoms with Crippen LogP contribution in [0.2, 0.25) is 0 Å². The van der Waals surface area contributed by atoms with E-state index in [1.165, 1.54) is 5.39 Å². The third-order valence-electron chi connectivity index (χ3n) is 7.47. The fraction of sp³-hybridized carbons (Fsp3) is 0. The Balaban J connectivity index is 1.52. The summed E-state index contributed by atoms with van der Waals surface area (Å²) in [6, 6.07) is 48.2. The Bertz CT molecular complexity index is 1930. The van der Waals surface area contributed by atoms with Crippen molar-refractivity contribution in [2.75, 3.05) is 0 Å². The van der Waals surface area contributed by atoms with Gasteiger partial charge in [-0.2, -0.15) is 0 Å². The molecule has 0 unspecified atom stereocenters. The highest BCUT2D eigenvalue weighted by molar-refractivity contribution is 6.39. The van der Waals surface area contributed by atoms with Gasteiger partial charge in [0.25, 0.3) is 0 Å². The van der Waals surface area contributed by atoms with Crippen LogP contribution in [0, 0.1) is 5.41 Å². The first-order valence-corrected chi connectivity index (χ1v) is 13.2. The number of rotatable bonds is 4. The van der Waals surface area contributed by atoms with Gasteiger partial charge in [0, 0.05) is 22.4 Å². The molecule has 6 aromatic carbocycles. The van der Waals surface area contributed by atoms with Crippen LogP contribution < -0.4 is 5.32 Å². The molecule has 1 aliphatic heterocycles. The van der Waals surface area contributed by atoms with Gasteiger partial charge in [0.15, 0.2) is 0 Å². The third kappa shape index (κ3) is 4.03. The first kappa shape index (κ1) is 22.9. The molecule has 0 atom stereocenters. The molecule has 0 aliphatic carbocycles. The second-order valence-electron chi connectivity index (χ2n) is 9.82. The predicted octanol–water partition coefficient (Wildman–Crippen LogP) is 9.03. The van der Waals surface area contributed by atoms with Gasteiger partial charge in [-0.05, 0) is 50.4 Å². The molecule has 184 valence electrons. The normalized spacial score (nSPS) is 13.9. The van der Waals surface area contributed by atoms with Crippen molar-refractivity contribution in [1.29, 1.82) is 5.41 Å². The molecular formula is C37H26N2. The van der Waals surface area contributed by atoms with Crippen LogP contribution in [0.4, 0.5) is 0 Å². The molecule has 6 aromatic rings. The molecule has 0 fully saturated rings. The summed E-state index contributed by atoms with van der Waals surface area (Å²) in [4.78, 5) is 0. The molecule has 1 aliphatic rings. The molecule has 2 nitrogen and oxygen atoms in total. The van der Waals surface area contributed by atoms with Gasteiger partial charge in [-0.3, -0.25) is 5.41 Å². The fourth-order valence-corrected chi connectivity index (χ4v) is 5.63. The Morgan fingerprint density at radius 1 is 0.564 bits per heavy atom. The van der Waals surface area contributed by atoms with Crippen LogP contribution in [0.5, 0.6) is 0 Å². The van der Waals surface area contributed by atoms with E-state index in [9.17, 15) is 5.41 Å². The summed E-state index contributed by atoms with van der Waals surface area (Å²) in [5, 5.41) is 18.2. The van der Waals surface area contributed by atoms with Crippen LogP contribution in [0.3, 0.4) is 0 Å². The minimum Gasteiger partial charge on any atom is -0.354 e. The lowest BCUT2D eigenvalue weighted by Gasteiger charge is -2.26. The lowest BCUT2D eigenvalue weighted by atomic mass is 9.86. The highest BCUT2D eigenvalue weighted by Crippen LogP contribution is 2.38. The molecule has 2 heteroatoms. The van der Waals surface area contributed by atoms with Crippen molar-refractivity contribution in [2.24, 2.45) is 0 Å². The summed E-state index contributed by atoms with van der Waals surface area (Å²) in [6.07, 6.45) is 2.20. The number of hydrogen-bond donors (Lipinski definition) is 2. The maximum atomic E-state index is 9.81. The number of hydrogen-bond acceptors (Lipinski definition) is 2. The quantitative estimate of drug-likeness (QED) is 0.185. The van der Waals surface area contributed by atoms with E-state index in [0.29, 0.717) is 5.71 Å². The van der Waals surface area contributed by atoms with Crippen molar-refractivity contribution in [3.8, 4) is 0 Å². The van der Waals surface area contributed by atoms with Crippen molar-refractivity contribution in [2.45, 2.75) is 0 Å². The van der Waals surface area contributed by atoms with E-state index in [4.69, 9.17) is 0 Å². The maximum absolute atomic E-state index is 9.81. The predicted molar refractivity (Wildman–Crippen MR) is 165 cm³/mol. The molecule has 0 bridgehead atoms. The van der Waals surface area contributed by atoms with Gasteiger partial charge in [0.05, 0.1) is 11.4 Å². The topological polar surface area (TPSA) is 35.9 Å². The number of allylic oxidation sites excluding steroid dienone is 1. The molecule has 0 radical (unpaired) electrons. The highest BCUT2D eigenvalue weighted by Gasteiger charge is 2.24. The second-order valence-corrected chi connectivity index (χ2v) is 9.82. The summed E-state index contributed by atoms with van der Waals surface area (Å²) in [5.41, 5.74) is 8.60. The zero-order chi connectivity index (χ0) is 26.2.